The molecule has 130 valence electrons. The van der Waals surface area contributed by atoms with Crippen LogP contribution < -0.4 is 9.47 Å². The average molecular weight is 487 g/mol. The van der Waals surface area contributed by atoms with Gasteiger partial charge in [0.25, 0.3) is 0 Å². The van der Waals surface area contributed by atoms with Gasteiger partial charge in [0, 0.05) is 22.6 Å². The molecule has 0 aliphatic rings. The second-order valence-electron chi connectivity index (χ2n) is 5.02. The summed E-state index contributed by atoms with van der Waals surface area (Å²) in [6.45, 7) is 0. The van der Waals surface area contributed by atoms with Gasteiger partial charge in [-0.1, -0.05) is 0 Å². The number of benzene rings is 2. The lowest BCUT2D eigenvalue weighted by Gasteiger charge is -2.09. The summed E-state index contributed by atoms with van der Waals surface area (Å²) in [5.74, 6) is 0.906. The molecule has 8 heteroatoms. The highest BCUT2D eigenvalue weighted by atomic mass is 79.9. The number of hydrogen-bond donors (Lipinski definition) is 2. The predicted octanol–water partition coefficient (Wildman–Crippen LogP) is 5.43. The molecule has 3 rings (SSSR count). The molecule has 1 aromatic heterocycles. The molecule has 0 aliphatic carbocycles. The minimum atomic E-state index is -0.233. The number of aromatic nitrogens is 1. The predicted molar refractivity (Wildman–Crippen MR) is 105 cm³/mol. The minimum absolute atomic E-state index is 0.218. The van der Waals surface area contributed by atoms with Crippen molar-refractivity contribution in [3.05, 3.63) is 38.6 Å². The fourth-order valence-corrected chi connectivity index (χ4v) is 4.17. The lowest BCUT2D eigenvalue weighted by Crippen LogP contribution is -1.90. The molecule has 0 unspecified atom stereocenters. The molecule has 3 aromatic rings. The van der Waals surface area contributed by atoms with Crippen LogP contribution in [0.5, 0.6) is 23.0 Å². The van der Waals surface area contributed by atoms with Gasteiger partial charge in [-0.25, -0.2) is 4.98 Å². The Morgan fingerprint density at radius 1 is 1.00 bits per heavy atom. The molecule has 0 saturated heterocycles. The number of rotatable bonds is 4. The third-order valence-corrected chi connectivity index (χ3v) is 5.87. The van der Waals surface area contributed by atoms with Crippen molar-refractivity contribution in [1.29, 1.82) is 0 Å². The fraction of sp³-hybridized carbons (Fsp3) is 0.118. The Morgan fingerprint density at radius 2 is 1.76 bits per heavy atom. The van der Waals surface area contributed by atoms with Crippen LogP contribution in [0.1, 0.15) is 0 Å². The summed E-state index contributed by atoms with van der Waals surface area (Å²) in [5, 5.41) is 22.4. The number of phenols is 2. The van der Waals surface area contributed by atoms with Gasteiger partial charge in [-0.2, -0.15) is 0 Å². The number of phenolic OH excluding ortho intramolecular Hbond substituents is 2. The van der Waals surface area contributed by atoms with Gasteiger partial charge in [0.15, 0.2) is 11.5 Å². The van der Waals surface area contributed by atoms with E-state index in [0.717, 1.165) is 11.3 Å². The topological polar surface area (TPSA) is 71.8 Å². The quantitative estimate of drug-likeness (QED) is 0.481. The molecule has 0 aliphatic heterocycles. The van der Waals surface area contributed by atoms with Gasteiger partial charge in [-0.05, 0) is 50.1 Å². The summed E-state index contributed by atoms with van der Waals surface area (Å²) in [5.41, 5.74) is 2.25. The highest BCUT2D eigenvalue weighted by molar-refractivity contribution is 9.11. The van der Waals surface area contributed by atoms with Crippen molar-refractivity contribution >= 4 is 43.2 Å². The van der Waals surface area contributed by atoms with Gasteiger partial charge in [0.05, 0.1) is 28.9 Å². The van der Waals surface area contributed by atoms with Crippen LogP contribution in [0, 0.1) is 0 Å². The summed E-state index contributed by atoms with van der Waals surface area (Å²) in [4.78, 5) is 4.64. The van der Waals surface area contributed by atoms with Crippen LogP contribution in [0.3, 0.4) is 0 Å². The van der Waals surface area contributed by atoms with Crippen molar-refractivity contribution in [3.8, 4) is 44.8 Å². The first-order valence-corrected chi connectivity index (χ1v) is 9.51. The van der Waals surface area contributed by atoms with E-state index in [-0.39, 0.29) is 11.5 Å². The number of ether oxygens (including phenoxy) is 2. The first kappa shape index (κ1) is 18.0. The number of hydrogen-bond acceptors (Lipinski definition) is 6. The van der Waals surface area contributed by atoms with E-state index >= 15 is 0 Å². The molecule has 0 spiro atoms. The zero-order chi connectivity index (χ0) is 18.1. The van der Waals surface area contributed by atoms with Crippen LogP contribution in [0.2, 0.25) is 0 Å². The first-order chi connectivity index (χ1) is 12.0. The molecular weight excluding hydrogens is 474 g/mol. The van der Waals surface area contributed by atoms with Gasteiger partial charge < -0.3 is 19.7 Å². The second-order valence-corrected chi connectivity index (χ2v) is 7.53. The van der Waals surface area contributed by atoms with E-state index in [1.807, 2.05) is 17.5 Å². The Kier molecular flexibility index (Phi) is 5.21. The van der Waals surface area contributed by atoms with Gasteiger partial charge in [0.2, 0.25) is 0 Å². The third kappa shape index (κ3) is 3.33. The third-order valence-electron chi connectivity index (χ3n) is 3.59. The van der Waals surface area contributed by atoms with Gasteiger partial charge >= 0.3 is 0 Å². The van der Waals surface area contributed by atoms with Crippen molar-refractivity contribution in [3.63, 3.8) is 0 Å². The van der Waals surface area contributed by atoms with Gasteiger partial charge in [-0.3, -0.25) is 0 Å². The number of methoxy groups -OCH3 is 2. The van der Waals surface area contributed by atoms with Crippen LogP contribution in [-0.4, -0.2) is 29.4 Å². The van der Waals surface area contributed by atoms with Crippen LogP contribution in [0.25, 0.3) is 21.8 Å². The molecule has 25 heavy (non-hydrogen) atoms. The summed E-state index contributed by atoms with van der Waals surface area (Å²) in [6, 6.07) is 7.23. The van der Waals surface area contributed by atoms with Crippen LogP contribution >= 0.6 is 43.2 Å². The monoisotopic (exact) mass is 485 g/mol. The largest absolute Gasteiger partial charge is 0.503 e. The van der Waals surface area contributed by atoms with Crippen molar-refractivity contribution < 1.29 is 19.7 Å². The first-order valence-electron chi connectivity index (χ1n) is 7.04. The lowest BCUT2D eigenvalue weighted by molar-refractivity contribution is 0.395. The Hall–Kier alpha value is -1.77. The number of aromatic hydroxyl groups is 2. The number of halogens is 2. The van der Waals surface area contributed by atoms with Crippen molar-refractivity contribution in [2.24, 2.45) is 0 Å². The van der Waals surface area contributed by atoms with Crippen LogP contribution in [-0.2, 0) is 0 Å². The van der Waals surface area contributed by atoms with E-state index in [9.17, 15) is 10.2 Å². The van der Waals surface area contributed by atoms with E-state index in [4.69, 9.17) is 9.47 Å². The van der Waals surface area contributed by atoms with E-state index < -0.39 is 0 Å². The molecule has 0 amide bonds. The Bertz CT molecular complexity index is 943. The van der Waals surface area contributed by atoms with Crippen molar-refractivity contribution in [2.75, 3.05) is 14.2 Å². The molecule has 5 nitrogen and oxygen atoms in total. The lowest BCUT2D eigenvalue weighted by atomic mass is 10.1. The average Bonchev–Trinajstić information content (AvgIpc) is 3.11. The summed E-state index contributed by atoms with van der Waals surface area (Å²) in [7, 11) is 3.19. The van der Waals surface area contributed by atoms with E-state index in [2.05, 4.69) is 36.8 Å². The molecule has 2 N–H and O–H groups in total. The summed E-state index contributed by atoms with van der Waals surface area (Å²) in [6.07, 6.45) is 0. The Morgan fingerprint density at radius 3 is 2.44 bits per heavy atom. The van der Waals surface area contributed by atoms with E-state index in [1.54, 1.807) is 26.4 Å². The highest BCUT2D eigenvalue weighted by Gasteiger charge is 2.19. The standard InChI is InChI=1S/C17H13Br2NO4S/c1-23-8-3-4-9(13(5-8)24-2)12-7-25-17(20-12)10-6-11(18)15(21)16(22)14(10)19/h3-7,21-22H,1-2H3. The maximum absolute atomic E-state index is 10.0. The molecule has 0 radical (unpaired) electrons. The smallest absolute Gasteiger partial charge is 0.173 e. The molecule has 0 atom stereocenters. The molecule has 0 saturated carbocycles. The molecule has 2 aromatic carbocycles. The van der Waals surface area contributed by atoms with E-state index in [1.165, 1.54) is 11.3 Å². The molecular formula is C17H13Br2NO4S. The van der Waals surface area contributed by atoms with E-state index in [0.29, 0.717) is 31.0 Å². The minimum Gasteiger partial charge on any atom is -0.503 e. The van der Waals surface area contributed by atoms with Crippen molar-refractivity contribution in [1.82, 2.24) is 4.98 Å². The van der Waals surface area contributed by atoms with Gasteiger partial charge in [-0.15, -0.1) is 11.3 Å². The molecule has 1 heterocycles. The normalized spacial score (nSPS) is 10.7. The zero-order valence-corrected chi connectivity index (χ0v) is 17.2. The Balaban J connectivity index is 2.08. The van der Waals surface area contributed by atoms with Crippen LogP contribution in [0.15, 0.2) is 38.6 Å². The van der Waals surface area contributed by atoms with Crippen molar-refractivity contribution in [2.45, 2.75) is 0 Å². The fourth-order valence-electron chi connectivity index (χ4n) is 2.29. The maximum atomic E-state index is 10.0. The highest BCUT2D eigenvalue weighted by Crippen LogP contribution is 2.46. The molecule has 0 bridgehead atoms. The SMILES string of the molecule is COc1ccc(-c2csc(-c3cc(Br)c(O)c(O)c3Br)n2)c(OC)c1. The second kappa shape index (κ2) is 7.23. The summed E-state index contributed by atoms with van der Waals surface area (Å²) < 4.78 is 11.4. The Labute approximate surface area is 165 Å². The summed E-state index contributed by atoms with van der Waals surface area (Å²) >= 11 is 7.96. The van der Waals surface area contributed by atoms with Gasteiger partial charge in [0.1, 0.15) is 16.5 Å². The number of thiazole rings is 1. The van der Waals surface area contributed by atoms with Crippen LogP contribution in [0.4, 0.5) is 0 Å². The molecule has 0 fully saturated rings. The maximum Gasteiger partial charge on any atom is 0.173 e. The zero-order valence-electron chi connectivity index (χ0n) is 13.2. The number of nitrogens with zero attached hydrogens (tertiary/aromatic N) is 1.